The normalized spacial score (nSPS) is 3.97. The van der Waals surface area contributed by atoms with Crippen LogP contribution >= 0.6 is 0 Å². The van der Waals surface area contributed by atoms with Gasteiger partial charge in [-0.1, -0.05) is 5.92 Å². The van der Waals surface area contributed by atoms with Crippen LogP contribution in [0.1, 0.15) is 6.92 Å². The molecule has 0 aromatic rings. The van der Waals surface area contributed by atoms with Crippen molar-refractivity contribution in [2.45, 2.75) is 6.92 Å². The molecule has 0 fully saturated rings. The SMILES string of the molecule is C#CC#CC#CC#CC#CC#CC#CC#CC#CC#CC#CC#CC#CC#CC#CC#CC#CC#CC#CC#CC#CC#CC#CC#CC#CC#CC#CC#CC#CC#CC#CC#CC#CC#CC#CC#CC#CC#CC#CC#CC#CC#CC#CC#CC#CC#CC#CC#CC#CC#CC#CC#CC#CC#CC#CC#CC#CC. The number of terminal acetylenes is 1. The second kappa shape index (κ2) is 88.9. The van der Waals surface area contributed by atoms with Gasteiger partial charge < -0.3 is 0 Å². The molecule has 0 aliphatic carbocycles. The second-order valence-electron chi connectivity index (χ2n) is 14.3. The lowest BCUT2D eigenvalue weighted by molar-refractivity contribution is 1.92. The van der Waals surface area contributed by atoms with Crippen molar-refractivity contribution in [2.24, 2.45) is 0 Å². The van der Waals surface area contributed by atoms with E-state index in [1.807, 2.05) is 0 Å². The van der Waals surface area contributed by atoms with Gasteiger partial charge >= 0.3 is 0 Å². The van der Waals surface area contributed by atoms with Crippen molar-refractivity contribution in [3.63, 3.8) is 0 Å². The molecular weight excluding hydrogens is 1380 g/mol. The molecule has 0 aromatic carbocycles. The summed E-state index contributed by atoms with van der Waals surface area (Å²) in [6, 6.07) is 0. The molecule has 0 nitrogen and oxygen atoms in total. The van der Waals surface area contributed by atoms with Gasteiger partial charge in [0, 0.05) is 568 Å². The molecule has 0 saturated carbocycles. The topological polar surface area (TPSA) is 0 Å². The predicted octanol–water partition coefficient (Wildman–Crippen LogP) is 0.830. The Labute approximate surface area is 677 Å². The Bertz CT molecular complexity index is 8120. The van der Waals surface area contributed by atoms with Gasteiger partial charge in [0.05, 0.1) is 0 Å². The molecule has 115 heavy (non-hydrogen) atoms. The van der Waals surface area contributed by atoms with E-state index in [-0.39, 0.29) is 0 Å². The van der Waals surface area contributed by atoms with E-state index in [1.54, 1.807) is 6.92 Å². The van der Waals surface area contributed by atoms with Crippen molar-refractivity contribution in [1.29, 1.82) is 0 Å². The minimum Gasteiger partial charge on any atom is -0.106 e. The summed E-state index contributed by atoms with van der Waals surface area (Å²) in [5.41, 5.74) is 0. The van der Waals surface area contributed by atoms with E-state index in [4.69, 9.17) is 6.42 Å². The zero-order valence-electron chi connectivity index (χ0n) is 58.1. The third-order valence-corrected chi connectivity index (χ3v) is 7.07. The molecule has 0 unspecified atom stereocenters. The van der Waals surface area contributed by atoms with Crippen molar-refractivity contribution >= 4 is 0 Å². The Morgan fingerprint density at radius 1 is 0.0696 bits per heavy atom. The van der Waals surface area contributed by atoms with Gasteiger partial charge in [-0.2, -0.15) is 0 Å². The number of hydrogen-bond donors (Lipinski definition) is 0. The first-order valence-electron chi connectivity index (χ1n) is 28.8. The third kappa shape index (κ3) is 88.9. The van der Waals surface area contributed by atoms with Crippen LogP contribution in [0.5, 0.6) is 0 Å². The van der Waals surface area contributed by atoms with Crippen LogP contribution in [0.4, 0.5) is 0 Å². The second-order valence-corrected chi connectivity index (χ2v) is 14.3. The fourth-order valence-corrected chi connectivity index (χ4v) is 3.50. The van der Waals surface area contributed by atoms with Gasteiger partial charge in [0.15, 0.2) is 0 Å². The van der Waals surface area contributed by atoms with Crippen LogP contribution in [0, 0.1) is 675 Å². The van der Waals surface area contributed by atoms with E-state index in [0.29, 0.717) is 0 Å². The lowest BCUT2D eigenvalue weighted by atomic mass is 10.4. The van der Waals surface area contributed by atoms with Gasteiger partial charge in [0.25, 0.3) is 0 Å². The molecule has 0 aromatic heterocycles. The summed E-state index contributed by atoms with van der Waals surface area (Å²) >= 11 is 0. The molecule has 464 valence electrons. The summed E-state index contributed by atoms with van der Waals surface area (Å²) in [6.07, 6.45) is 4.95. The highest BCUT2D eigenvalue weighted by Gasteiger charge is 1.68. The first-order valence-corrected chi connectivity index (χ1v) is 28.8. The monoisotopic (exact) mass is 1380 g/mol. The summed E-state index contributed by atoms with van der Waals surface area (Å²) in [5.74, 6) is 282. The summed E-state index contributed by atoms with van der Waals surface area (Å²) in [6.45, 7) is 1.68. The van der Waals surface area contributed by atoms with Gasteiger partial charge in [-0.05, 0) is 102 Å². The van der Waals surface area contributed by atoms with E-state index in [9.17, 15) is 0 Å². The molecule has 0 saturated heterocycles. The zero-order valence-corrected chi connectivity index (χ0v) is 58.1. The Morgan fingerprint density at radius 2 is 0.113 bits per heavy atom. The fourth-order valence-electron chi connectivity index (χ4n) is 3.50. The maximum Gasteiger partial charge on any atom is 0 e. The zero-order chi connectivity index (χ0) is 81.9. The fraction of sp³-hybridized carbons (Fsp3) is 0.00870. The summed E-state index contributed by atoms with van der Waals surface area (Å²) in [4.78, 5) is 0. The summed E-state index contributed by atoms with van der Waals surface area (Å²) in [5, 5.41) is 0. The van der Waals surface area contributed by atoms with E-state index in [0.717, 1.165) is 0 Å². The maximum absolute atomic E-state index is 4.95. The molecule has 0 rings (SSSR count). The Morgan fingerprint density at radius 3 is 0.157 bits per heavy atom. The maximum atomic E-state index is 4.95. The van der Waals surface area contributed by atoms with Crippen LogP contribution in [-0.2, 0) is 0 Å². The molecule has 0 radical (unpaired) electrons. The van der Waals surface area contributed by atoms with E-state index in [1.165, 1.54) is 0 Å². The van der Waals surface area contributed by atoms with Crippen LogP contribution in [0.3, 0.4) is 0 Å². The van der Waals surface area contributed by atoms with Crippen molar-refractivity contribution in [3.8, 4) is 675 Å². The number of rotatable bonds is 0. The van der Waals surface area contributed by atoms with E-state index >= 15 is 0 Å². The highest BCUT2D eigenvalue weighted by Crippen LogP contribution is 1.69. The summed E-state index contributed by atoms with van der Waals surface area (Å²) < 4.78 is 0. The molecule has 0 aliphatic heterocycles. The summed E-state index contributed by atoms with van der Waals surface area (Å²) in [7, 11) is 0. The highest BCUT2D eigenvalue weighted by molar-refractivity contribution is 5.57. The van der Waals surface area contributed by atoms with Gasteiger partial charge in [-0.3, -0.25) is 0 Å². The van der Waals surface area contributed by atoms with Gasteiger partial charge in [-0.25, -0.2) is 0 Å². The first-order chi connectivity index (χ1) is 57.4. The van der Waals surface area contributed by atoms with Crippen LogP contribution in [0.2, 0.25) is 0 Å². The lowest BCUT2D eigenvalue weighted by Gasteiger charge is -1.58. The highest BCUT2D eigenvalue weighted by atomic mass is 13.7. The predicted molar refractivity (Wildman–Crippen MR) is 450 cm³/mol. The van der Waals surface area contributed by atoms with Crippen LogP contribution in [-0.4, -0.2) is 0 Å². The van der Waals surface area contributed by atoms with Crippen molar-refractivity contribution in [3.05, 3.63) is 0 Å². The Kier molecular flexibility index (Phi) is 69.5. The molecule has 0 atom stereocenters. The molecule has 0 N–H and O–H groups in total. The van der Waals surface area contributed by atoms with E-state index in [2.05, 4.69) is 669 Å². The van der Waals surface area contributed by atoms with Crippen LogP contribution < -0.4 is 0 Å². The molecule has 0 bridgehead atoms. The minimum atomic E-state index is 1.68. The van der Waals surface area contributed by atoms with Crippen molar-refractivity contribution < 1.29 is 0 Å². The quantitative estimate of drug-likeness (QED) is 0.316. The molecule has 0 amide bonds. The largest absolute Gasteiger partial charge is 0.106 e. The lowest BCUT2D eigenvalue weighted by Crippen LogP contribution is -1.57. The van der Waals surface area contributed by atoms with Crippen LogP contribution in [0.15, 0.2) is 0 Å². The van der Waals surface area contributed by atoms with Gasteiger partial charge in [0.2, 0.25) is 0 Å². The van der Waals surface area contributed by atoms with Crippen molar-refractivity contribution in [2.75, 3.05) is 0 Å². The van der Waals surface area contributed by atoms with E-state index < -0.39 is 0 Å². The van der Waals surface area contributed by atoms with Crippen LogP contribution in [0.25, 0.3) is 0 Å². The van der Waals surface area contributed by atoms with Gasteiger partial charge in [-0.15, -0.1) is 6.42 Å². The number of hydrogen-bond acceptors (Lipinski definition) is 0. The standard InChI is InChI=1S/C115H4/c1-3-5-7-9-11-13-15-17-19-21-23-25-27-29-31-33-35-37-39-41-43-45-47-49-51-53-55-57-59-61-63-65-67-69-71-73-75-77-79-81-83-85-87-89-91-93-95-97-99-101-103-105-107-109-111-113-115-114-112-110-108-106-104-102-100-98-96-94-92-90-88-86-84-82-80-78-76-74-72-70-68-66-64-62-60-58-56-54-52-50-48-46-44-42-40-38-36-34-32-30-28-26-24-22-20-18-16-14-12-10-8-6-4-2/h1H,2H3. The average Bonchev–Trinajstić information content (AvgIpc) is 2.89. The first kappa shape index (κ1) is 89.9. The molecular formula is C115H4. The Hall–Kier alpha value is -25.1. The molecule has 0 heterocycles. The minimum absolute atomic E-state index is 1.68. The third-order valence-electron chi connectivity index (χ3n) is 7.07. The smallest absolute Gasteiger partial charge is 0 e. The molecule has 0 spiro atoms. The average molecular weight is 1390 g/mol. The molecule has 0 aliphatic rings. The van der Waals surface area contributed by atoms with Crippen molar-refractivity contribution in [1.82, 2.24) is 0 Å². The Balaban J connectivity index is 4.65. The molecule has 0 heteroatoms. The van der Waals surface area contributed by atoms with Gasteiger partial charge in [0.1, 0.15) is 0 Å².